The summed E-state index contributed by atoms with van der Waals surface area (Å²) in [6.07, 6.45) is 0. The van der Waals surface area contributed by atoms with Crippen molar-refractivity contribution in [2.45, 2.75) is 26.2 Å². The number of pyridine rings is 1. The zero-order chi connectivity index (χ0) is 22.7. The van der Waals surface area contributed by atoms with Gasteiger partial charge in [-0.05, 0) is 41.3 Å². The first kappa shape index (κ1) is 21.8. The van der Waals surface area contributed by atoms with Crippen molar-refractivity contribution in [1.29, 1.82) is 0 Å². The van der Waals surface area contributed by atoms with Crippen LogP contribution in [0.2, 0.25) is 0 Å². The lowest BCUT2D eigenvalue weighted by Gasteiger charge is -2.35. The summed E-state index contributed by atoms with van der Waals surface area (Å²) in [5.41, 5.74) is 2.75. The predicted molar refractivity (Wildman–Crippen MR) is 128 cm³/mol. The van der Waals surface area contributed by atoms with E-state index in [9.17, 15) is 9.59 Å². The lowest BCUT2D eigenvalue weighted by molar-refractivity contribution is -0.130. The average Bonchev–Trinajstić information content (AvgIpc) is 2.81. The molecule has 0 radical (unpaired) electrons. The second-order valence-electron chi connectivity index (χ2n) is 9.24. The smallest absolute Gasteiger partial charge is 0.251 e. The molecular formula is C26H30N4O2. The number of nitrogens with zero attached hydrogens (tertiary/aromatic N) is 3. The molecule has 32 heavy (non-hydrogen) atoms. The van der Waals surface area contributed by atoms with Gasteiger partial charge in [-0.3, -0.25) is 9.59 Å². The highest BCUT2D eigenvalue weighted by atomic mass is 16.2. The Hall–Kier alpha value is -3.41. The van der Waals surface area contributed by atoms with Crippen LogP contribution in [0.3, 0.4) is 0 Å². The van der Waals surface area contributed by atoms with Crippen LogP contribution in [0.5, 0.6) is 0 Å². The van der Waals surface area contributed by atoms with Gasteiger partial charge in [0.05, 0.1) is 12.1 Å². The molecule has 2 heterocycles. The molecule has 1 saturated heterocycles. The molecule has 0 aliphatic carbocycles. The van der Waals surface area contributed by atoms with Crippen LogP contribution in [0.4, 0.5) is 5.82 Å². The molecule has 4 rings (SSSR count). The van der Waals surface area contributed by atoms with E-state index in [-0.39, 0.29) is 23.8 Å². The maximum absolute atomic E-state index is 12.6. The molecule has 1 N–H and O–H groups in total. The van der Waals surface area contributed by atoms with Crippen molar-refractivity contribution in [1.82, 2.24) is 15.2 Å². The summed E-state index contributed by atoms with van der Waals surface area (Å²) < 4.78 is 0. The van der Waals surface area contributed by atoms with Crippen LogP contribution in [-0.2, 0) is 10.2 Å². The topological polar surface area (TPSA) is 65.5 Å². The number of carbonyl (C=O) groups is 2. The minimum atomic E-state index is -0.224. The highest BCUT2D eigenvalue weighted by Crippen LogP contribution is 2.22. The van der Waals surface area contributed by atoms with Gasteiger partial charge in [-0.25, -0.2) is 4.98 Å². The summed E-state index contributed by atoms with van der Waals surface area (Å²) in [5, 5.41) is 3.88. The molecule has 0 atom stereocenters. The maximum Gasteiger partial charge on any atom is 0.251 e. The van der Waals surface area contributed by atoms with E-state index in [0.717, 1.165) is 29.8 Å². The number of hydrogen-bond acceptors (Lipinski definition) is 4. The number of aromatic nitrogens is 1. The molecule has 0 unspecified atom stereocenters. The first-order valence-corrected chi connectivity index (χ1v) is 11.1. The van der Waals surface area contributed by atoms with Crippen molar-refractivity contribution in [2.75, 3.05) is 37.6 Å². The number of carbonyl (C=O) groups excluding carboxylic acids is 2. The zero-order valence-corrected chi connectivity index (χ0v) is 19.0. The van der Waals surface area contributed by atoms with E-state index >= 15 is 0 Å². The van der Waals surface area contributed by atoms with Gasteiger partial charge >= 0.3 is 0 Å². The second kappa shape index (κ2) is 8.99. The largest absolute Gasteiger partial charge is 0.353 e. The standard InChI is InChI=1S/C26H30N4O2/c1-26(2,3)21-11-8-20(9-12-21)25(32)27-18-24(31)30-16-14-29(15-17-30)23-13-10-19-6-4-5-7-22(19)28-23/h4-13H,14-18H2,1-3H3,(H,27,32). The fourth-order valence-corrected chi connectivity index (χ4v) is 3.91. The third kappa shape index (κ3) is 4.90. The summed E-state index contributed by atoms with van der Waals surface area (Å²) in [4.78, 5) is 33.8. The third-order valence-corrected chi connectivity index (χ3v) is 5.95. The summed E-state index contributed by atoms with van der Waals surface area (Å²) in [6, 6.07) is 19.7. The number of para-hydroxylation sites is 1. The highest BCUT2D eigenvalue weighted by Gasteiger charge is 2.22. The van der Waals surface area contributed by atoms with Gasteiger partial charge in [-0.2, -0.15) is 0 Å². The van der Waals surface area contributed by atoms with Gasteiger partial charge in [0.25, 0.3) is 5.91 Å². The molecule has 6 heteroatoms. The van der Waals surface area contributed by atoms with Gasteiger partial charge in [0.2, 0.25) is 5.91 Å². The molecule has 1 aromatic heterocycles. The Balaban J connectivity index is 1.28. The van der Waals surface area contributed by atoms with E-state index in [1.165, 1.54) is 5.56 Å². The Morgan fingerprint density at radius 3 is 2.28 bits per heavy atom. The van der Waals surface area contributed by atoms with Gasteiger partial charge in [0, 0.05) is 37.1 Å². The lowest BCUT2D eigenvalue weighted by atomic mass is 9.87. The number of rotatable bonds is 4. The van der Waals surface area contributed by atoms with Crippen molar-refractivity contribution in [3.05, 3.63) is 71.8 Å². The van der Waals surface area contributed by atoms with Crippen LogP contribution in [0.1, 0.15) is 36.7 Å². The van der Waals surface area contributed by atoms with Crippen molar-refractivity contribution in [3.8, 4) is 0 Å². The number of amides is 2. The molecule has 0 spiro atoms. The quantitative estimate of drug-likeness (QED) is 0.687. The third-order valence-electron chi connectivity index (χ3n) is 5.95. The lowest BCUT2D eigenvalue weighted by Crippen LogP contribution is -2.51. The van der Waals surface area contributed by atoms with Crippen molar-refractivity contribution in [2.24, 2.45) is 0 Å². The minimum Gasteiger partial charge on any atom is -0.353 e. The SMILES string of the molecule is CC(C)(C)c1ccc(C(=O)NCC(=O)N2CCN(c3ccc4ccccc4n3)CC2)cc1. The first-order chi connectivity index (χ1) is 15.3. The van der Waals surface area contributed by atoms with Crippen molar-refractivity contribution < 1.29 is 9.59 Å². The molecule has 1 aliphatic rings. The molecule has 166 valence electrons. The Morgan fingerprint density at radius 1 is 0.906 bits per heavy atom. The predicted octanol–water partition coefficient (Wildman–Crippen LogP) is 3.61. The summed E-state index contributed by atoms with van der Waals surface area (Å²) >= 11 is 0. The molecule has 3 aromatic rings. The van der Waals surface area contributed by atoms with Crippen LogP contribution < -0.4 is 10.2 Å². The van der Waals surface area contributed by atoms with Crippen molar-refractivity contribution >= 4 is 28.5 Å². The zero-order valence-electron chi connectivity index (χ0n) is 19.0. The Bertz CT molecular complexity index is 1110. The van der Waals surface area contributed by atoms with E-state index in [4.69, 9.17) is 4.98 Å². The molecule has 1 aliphatic heterocycles. The van der Waals surface area contributed by atoms with Crippen molar-refractivity contribution in [3.63, 3.8) is 0 Å². The fraction of sp³-hybridized carbons (Fsp3) is 0.346. The van der Waals surface area contributed by atoms with E-state index in [1.54, 1.807) is 4.90 Å². The molecule has 1 fully saturated rings. The molecular weight excluding hydrogens is 400 g/mol. The number of fused-ring (bicyclic) bond motifs is 1. The maximum atomic E-state index is 12.6. The van der Waals surface area contributed by atoms with E-state index in [1.807, 2.05) is 48.5 Å². The Kier molecular flexibility index (Phi) is 6.12. The van der Waals surface area contributed by atoms with Gasteiger partial charge in [-0.15, -0.1) is 0 Å². The summed E-state index contributed by atoms with van der Waals surface area (Å²) in [6.45, 7) is 9.09. The summed E-state index contributed by atoms with van der Waals surface area (Å²) in [7, 11) is 0. The normalized spacial score (nSPS) is 14.5. The second-order valence-corrected chi connectivity index (χ2v) is 9.24. The Labute approximate surface area is 189 Å². The van der Waals surface area contributed by atoms with Crippen LogP contribution in [0, 0.1) is 0 Å². The fourth-order valence-electron chi connectivity index (χ4n) is 3.91. The first-order valence-electron chi connectivity index (χ1n) is 11.1. The van der Waals surface area contributed by atoms with Crippen LogP contribution in [0.15, 0.2) is 60.7 Å². The van der Waals surface area contributed by atoms with Gasteiger partial charge in [0.15, 0.2) is 0 Å². The minimum absolute atomic E-state index is 0.00802. The van der Waals surface area contributed by atoms with Crippen LogP contribution in [-0.4, -0.2) is 54.4 Å². The van der Waals surface area contributed by atoms with Crippen LogP contribution in [0.25, 0.3) is 10.9 Å². The van der Waals surface area contributed by atoms with E-state index < -0.39 is 0 Å². The molecule has 2 amide bonds. The van der Waals surface area contributed by atoms with E-state index in [0.29, 0.717) is 18.7 Å². The molecule has 6 nitrogen and oxygen atoms in total. The number of nitrogens with one attached hydrogen (secondary N) is 1. The molecule has 0 bridgehead atoms. The number of benzene rings is 2. The van der Waals surface area contributed by atoms with E-state index in [2.05, 4.69) is 43.1 Å². The molecule has 2 aromatic carbocycles. The monoisotopic (exact) mass is 430 g/mol. The summed E-state index contributed by atoms with van der Waals surface area (Å²) in [5.74, 6) is 0.649. The number of anilines is 1. The van der Waals surface area contributed by atoms with Gasteiger partial charge in [0.1, 0.15) is 5.82 Å². The van der Waals surface area contributed by atoms with Gasteiger partial charge in [-0.1, -0.05) is 51.1 Å². The highest BCUT2D eigenvalue weighted by molar-refractivity contribution is 5.96. The van der Waals surface area contributed by atoms with Crippen LogP contribution >= 0.6 is 0 Å². The number of piperazine rings is 1. The number of hydrogen-bond donors (Lipinski definition) is 1. The average molecular weight is 431 g/mol. The molecule has 0 saturated carbocycles. The van der Waals surface area contributed by atoms with Gasteiger partial charge < -0.3 is 15.1 Å². The Morgan fingerprint density at radius 2 is 1.59 bits per heavy atom.